The van der Waals surface area contributed by atoms with Gasteiger partial charge in [0.2, 0.25) is 0 Å². The first-order chi connectivity index (χ1) is 47.2. The van der Waals surface area contributed by atoms with E-state index < -0.39 is 184 Å². The second-order valence-corrected chi connectivity index (χ2v) is 65.6. The molecule has 28 atom stereocenters. The van der Waals surface area contributed by atoms with Crippen molar-refractivity contribution in [2.24, 2.45) is 76.9 Å². The first-order valence-electron chi connectivity index (χ1n) is 36.0. The number of carbonyl (C=O) groups excluding carboxylic acids is 10. The van der Waals surface area contributed by atoms with Crippen molar-refractivity contribution < 1.29 is 110 Å². The Morgan fingerprint density at radius 3 is 1.15 bits per heavy atom. The number of carbonyl (C=O) groups is 10. The Morgan fingerprint density at radius 2 is 0.837 bits per heavy atom. The maximum absolute atomic E-state index is 14.3. The summed E-state index contributed by atoms with van der Waals surface area (Å²) in [5, 5.41) is 23.7. The van der Waals surface area contributed by atoms with Crippen molar-refractivity contribution >= 4 is 119 Å². The number of rotatable bonds is 12. The first kappa shape index (κ1) is 99.6. The average Bonchev–Trinajstić information content (AvgIpc) is 1.53. The van der Waals surface area contributed by atoms with Crippen molar-refractivity contribution in [3.63, 3.8) is 0 Å². The zero-order valence-corrected chi connectivity index (χ0v) is 73.9. The number of amides is 2. The van der Waals surface area contributed by atoms with Gasteiger partial charge in [-0.15, -0.1) is 0 Å². The molecule has 6 fully saturated rings. The Kier molecular flexibility index (Phi) is 41.0. The fourth-order valence-electron chi connectivity index (χ4n) is 16.9. The minimum absolute atomic E-state index is 0. The number of ether oxygens (including phenoxy) is 10. The molecule has 0 aliphatic carbocycles. The van der Waals surface area contributed by atoms with Gasteiger partial charge in [-0.2, -0.15) is 0 Å². The van der Waals surface area contributed by atoms with Crippen molar-refractivity contribution in [3.05, 3.63) is 7.43 Å². The number of hydrogen-bond acceptors (Lipinski definition) is 24. The Bertz CT molecular complexity index is 2680. The Balaban J connectivity index is 0.000000949. The van der Waals surface area contributed by atoms with Crippen molar-refractivity contribution in [3.8, 4) is 0 Å². The minimum atomic E-state index is -1.64. The van der Waals surface area contributed by atoms with Gasteiger partial charge in [-0.1, -0.05) is 83.6 Å². The van der Waals surface area contributed by atoms with Gasteiger partial charge in [-0.25, -0.2) is 9.59 Å². The number of alkyl carbamates (subject to hydrolysis) is 2. The predicted molar refractivity (Wildman–Crippen MR) is 415 cm³/mol. The van der Waals surface area contributed by atoms with Crippen LogP contribution in [0.1, 0.15) is 191 Å². The van der Waals surface area contributed by atoms with Crippen molar-refractivity contribution in [2.75, 3.05) is 48.4 Å². The number of aliphatic hydroxyl groups is 2. The van der Waals surface area contributed by atoms with Crippen LogP contribution in [0.2, 0.25) is 0 Å². The number of likely N-dealkylation sites (N-methyl/N-ethyl adjacent to an activating group) is 1. The molecule has 0 aromatic rings. The summed E-state index contributed by atoms with van der Waals surface area (Å²) >= 11 is 7.39. The van der Waals surface area contributed by atoms with Gasteiger partial charge in [0.05, 0.1) is 24.0 Å². The number of aliphatic hydroxyl groups excluding tert-OH is 2. The van der Waals surface area contributed by atoms with Crippen LogP contribution in [0.3, 0.4) is 0 Å². The molecular weight excluding hydrogens is 1730 g/mol. The number of fused-ring (bicyclic) bond motifs is 2. The van der Waals surface area contributed by atoms with Gasteiger partial charge in [0.1, 0.15) is 65.1 Å². The van der Waals surface area contributed by atoms with E-state index in [1.54, 1.807) is 104 Å². The zero-order chi connectivity index (χ0) is 78.5. The van der Waals surface area contributed by atoms with E-state index in [0.29, 0.717) is 19.4 Å². The predicted octanol–water partition coefficient (Wildman–Crippen LogP) is 11.2. The first-order valence-corrected chi connectivity index (χ1v) is 49.5. The molecule has 6 rings (SSSR count). The molecule has 104 heavy (non-hydrogen) atoms. The molecule has 2 amide bonds. The number of nitrogens with zero attached hydrogens (tertiary/aromatic N) is 2. The molecule has 6 heterocycles. The van der Waals surface area contributed by atoms with Crippen molar-refractivity contribution in [1.82, 2.24) is 20.4 Å². The number of ketones is 4. The third-order valence-corrected chi connectivity index (χ3v) is 22.0. The monoisotopic (exact) mass is 1860 g/mol. The molecule has 6 unspecified atom stereocenters. The fraction of sp³-hybridized carbons (Fsp3) is 0.851. The third-order valence-electron chi connectivity index (χ3n) is 22.0. The number of hydrogen-bond donors (Lipinski definition) is 4. The van der Waals surface area contributed by atoms with Gasteiger partial charge in [0.15, 0.2) is 35.3 Å². The molecule has 0 aromatic carbocycles. The Hall–Kier alpha value is -2.45. The van der Waals surface area contributed by atoms with E-state index in [-0.39, 0.29) is 87.4 Å². The van der Waals surface area contributed by atoms with Gasteiger partial charge >= 0.3 is 101 Å². The van der Waals surface area contributed by atoms with Gasteiger partial charge in [-0.3, -0.25) is 38.4 Å². The summed E-state index contributed by atoms with van der Waals surface area (Å²) in [6, 6.07) is -0.236. The van der Waals surface area contributed by atoms with Crippen LogP contribution in [0.5, 0.6) is 0 Å². The van der Waals surface area contributed by atoms with Crippen LogP contribution in [0.15, 0.2) is 0 Å². The van der Waals surface area contributed by atoms with Gasteiger partial charge in [-0.05, 0) is 136 Å². The molecule has 0 spiro atoms. The molecule has 4 N–H and O–H groups in total. The summed E-state index contributed by atoms with van der Waals surface area (Å²) in [6.45, 7) is 36.6. The van der Waals surface area contributed by atoms with Gasteiger partial charge in [0, 0.05) is 85.5 Å². The summed E-state index contributed by atoms with van der Waals surface area (Å²) in [5.74, 6) is -14.2. The molecule has 0 radical (unpaired) electrons. The summed E-state index contributed by atoms with van der Waals surface area (Å²) < 4.78 is 61.7. The molecule has 6 aliphatic heterocycles. The molecule has 0 saturated carbocycles. The topological polar surface area (TPSA) is 334 Å². The molecule has 6 aliphatic rings. The Morgan fingerprint density at radius 1 is 0.519 bits per heavy atom. The molecular formula is C74H129I3N4O22V-. The number of Topliss-reactive ketones (excluding diaryl/α,β-unsaturated/α-hetero) is 4. The summed E-state index contributed by atoms with van der Waals surface area (Å²) in [7, 11) is 8.65. The third kappa shape index (κ3) is 23.8. The maximum atomic E-state index is 14.3. The van der Waals surface area contributed by atoms with E-state index in [1.165, 1.54) is 13.8 Å². The van der Waals surface area contributed by atoms with E-state index in [2.05, 4.69) is 75.5 Å². The van der Waals surface area contributed by atoms with E-state index in [0.717, 1.165) is 13.5 Å². The number of esters is 4. The second-order valence-electron chi connectivity index (χ2n) is 30.2. The van der Waals surface area contributed by atoms with Crippen LogP contribution >= 0.6 is 59.9 Å². The van der Waals surface area contributed by atoms with E-state index in [4.69, 9.17) is 52.5 Å². The standard InChI is InChI=1S/C36H60N2O10.C35H58N2O11.CH4O.CH4.CH3.3HI.V/c1-14-26-36(11)27(22(7)32(42)47-36)21(6)28(39)18(3)17-35(10,48-34(43)37-15-2)30(23(8)29(40)24(9)31(41)45-26)46-33-20(5)25(38(12)13)16-19(4)44-33;1-13-24-35(10)25(20(6)31(42)47-35)19(5)26(38)17(3)16-34(9,48-33(43)36-14-2)29(21(7)27(39)22(8)30(41)45-24)46-32-28(40)23(37(11)12)15-18(4)44-32;1-2;;;;;;/h18-27,30,33H,14-17H2,1-13H3,(H,37,43);17-25,28-29,32,40H,13-16H2,1-12H3,(H,36,43);2H,1H3;1H4;1H3;3*1H;/q;;;;-1;;;;+3/p-3/t18-,19-,20-,21?,22?,23+,24-,25+,26-,27?,30-,33+,35-,36-;17-,18-,19?,20?,21+,22-,23+,24-,25?,28-,29-,32+,34-,35-;;;;;;;/m11......./s1. The van der Waals surface area contributed by atoms with Crippen LogP contribution in [-0.2, 0) is 90.6 Å². The SMILES string of the molecule is C.CCNC(=O)O[C@]1(C)C[C@@H](C)C(=O)C(C)C2C(C)C(=O)O[C@]2(C)[C@@H](CC)OC(=O)[C@H](C)C(=O)[C@H](C)[C@H]1O[C@@H]1O[C@H](C)C[C@H](N(C)C)[C@H]1C.CCNC(=O)O[C@]1(C)C[C@@H](C)C(=O)C(C)C2C(C)C(=O)O[C@]2(C)[C@@H](CC)OC(=O)[C@H](C)C(=O)[C@H](C)[C@H]1O[C@@H]1O[C@H](C)C[C@H](N(C)C)[C@H]1O.CO.[CH3-].[I][V]([I])[I]. The van der Waals surface area contributed by atoms with Gasteiger partial charge in [0.25, 0.3) is 0 Å². The van der Waals surface area contributed by atoms with Crippen molar-refractivity contribution in [2.45, 2.75) is 281 Å². The quantitative estimate of drug-likeness (QED) is 0.0464. The van der Waals surface area contributed by atoms with Crippen LogP contribution in [-0.4, -0.2) is 217 Å². The van der Waals surface area contributed by atoms with E-state index in [1.807, 2.05) is 60.8 Å². The number of halogens is 3. The molecule has 26 nitrogen and oxygen atoms in total. The number of cyclic esters (lactones) is 2. The van der Waals surface area contributed by atoms with Crippen LogP contribution in [0.4, 0.5) is 9.59 Å². The summed E-state index contributed by atoms with van der Waals surface area (Å²) in [6.07, 6.45) is -7.52. The van der Waals surface area contributed by atoms with Crippen LogP contribution in [0, 0.1) is 84.4 Å². The van der Waals surface area contributed by atoms with Crippen LogP contribution in [0.25, 0.3) is 0 Å². The molecule has 30 heteroatoms. The van der Waals surface area contributed by atoms with Gasteiger partial charge < -0.3 is 85.4 Å². The Labute approximate surface area is 658 Å². The summed E-state index contributed by atoms with van der Waals surface area (Å²) in [5.41, 5.74) is -5.79. The molecule has 6 saturated heterocycles. The normalized spacial score (nSPS) is 40.3. The average molecular weight is 1860 g/mol. The fourth-order valence-corrected chi connectivity index (χ4v) is 16.9. The molecule has 0 bridgehead atoms. The van der Waals surface area contributed by atoms with E-state index >= 15 is 0 Å². The zero-order valence-electron chi connectivity index (χ0n) is 66.0. The molecule has 0 aromatic heterocycles. The van der Waals surface area contributed by atoms with E-state index in [9.17, 15) is 53.1 Å². The van der Waals surface area contributed by atoms with Crippen LogP contribution < -0.4 is 10.6 Å². The summed E-state index contributed by atoms with van der Waals surface area (Å²) in [4.78, 5) is 141. The van der Waals surface area contributed by atoms with Crippen molar-refractivity contribution in [1.29, 1.82) is 0 Å². The second kappa shape index (κ2) is 42.8. The molecule has 604 valence electrons. The number of nitrogens with one attached hydrogen (secondary N) is 2.